The van der Waals surface area contributed by atoms with Crippen LogP contribution in [0.2, 0.25) is 0 Å². The minimum Gasteiger partial charge on any atom is -0.334 e. The number of benzene rings is 8. The molecule has 0 N–H and O–H groups in total. The number of anilines is 2. The second kappa shape index (κ2) is 17.2. The molecular formula is C72H54N4. The number of aromatic nitrogens is 2. The number of hydrogen-bond donors (Lipinski definition) is 0. The predicted octanol–water partition coefficient (Wildman–Crippen LogP) is 17.7. The van der Waals surface area contributed by atoms with Gasteiger partial charge in [0.15, 0.2) is 0 Å². The number of rotatable bonds is 7. The summed E-state index contributed by atoms with van der Waals surface area (Å²) in [5.74, 6) is 0.999. The van der Waals surface area contributed by atoms with Gasteiger partial charge in [0.2, 0.25) is 0 Å². The maximum atomic E-state index is 2.60. The minimum absolute atomic E-state index is 0.215. The highest BCUT2D eigenvalue weighted by Gasteiger charge is 2.43. The van der Waals surface area contributed by atoms with Crippen molar-refractivity contribution in [2.75, 3.05) is 9.80 Å². The monoisotopic (exact) mass is 974 g/mol. The maximum absolute atomic E-state index is 2.60. The molecule has 0 saturated heterocycles. The zero-order valence-electron chi connectivity index (χ0n) is 42.1. The second-order valence-corrected chi connectivity index (χ2v) is 21.4. The molecule has 10 aromatic rings. The summed E-state index contributed by atoms with van der Waals surface area (Å²) < 4.78 is 4.87. The van der Waals surface area contributed by atoms with E-state index < -0.39 is 0 Å². The molecule has 5 atom stereocenters. The van der Waals surface area contributed by atoms with Gasteiger partial charge in [0, 0.05) is 73.4 Å². The first-order valence-electron chi connectivity index (χ1n) is 27.2. The molecule has 8 aromatic carbocycles. The molecule has 4 heterocycles. The Morgan fingerprint density at radius 3 is 1.50 bits per heavy atom. The van der Waals surface area contributed by atoms with Crippen molar-refractivity contribution in [2.45, 2.75) is 37.3 Å². The highest BCUT2D eigenvalue weighted by Crippen LogP contribution is 2.51. The molecule has 4 heteroatoms. The van der Waals surface area contributed by atoms with Crippen LogP contribution in [-0.2, 0) is 0 Å². The van der Waals surface area contributed by atoms with Gasteiger partial charge in [-0.1, -0.05) is 170 Å². The first kappa shape index (κ1) is 43.3. The van der Waals surface area contributed by atoms with Crippen LogP contribution < -0.4 is 9.80 Å². The molecule has 4 nitrogen and oxygen atoms in total. The van der Waals surface area contributed by atoms with Crippen molar-refractivity contribution in [2.24, 2.45) is 11.8 Å². The van der Waals surface area contributed by atoms with Crippen LogP contribution in [0, 0.1) is 11.8 Å². The van der Waals surface area contributed by atoms with Crippen molar-refractivity contribution in [3.63, 3.8) is 0 Å². The Balaban J connectivity index is 0.719. The van der Waals surface area contributed by atoms with Crippen LogP contribution >= 0.6 is 0 Å². The van der Waals surface area contributed by atoms with E-state index in [0.717, 1.165) is 30.6 Å². The summed E-state index contributed by atoms with van der Waals surface area (Å²) in [7, 11) is 0. The third-order valence-electron chi connectivity index (χ3n) is 17.4. The number of para-hydroxylation sites is 3. The molecule has 16 rings (SSSR count). The molecule has 0 spiro atoms. The van der Waals surface area contributed by atoms with E-state index in [1.807, 2.05) is 0 Å². The highest BCUT2D eigenvalue weighted by atomic mass is 15.2. The quantitative estimate of drug-likeness (QED) is 0.158. The van der Waals surface area contributed by atoms with E-state index in [0.29, 0.717) is 12.0 Å². The van der Waals surface area contributed by atoms with Gasteiger partial charge >= 0.3 is 0 Å². The van der Waals surface area contributed by atoms with Crippen LogP contribution in [0.3, 0.4) is 0 Å². The Morgan fingerprint density at radius 1 is 0.368 bits per heavy atom. The molecule has 0 radical (unpaired) electrons. The van der Waals surface area contributed by atoms with Crippen LogP contribution in [0.15, 0.2) is 284 Å². The van der Waals surface area contributed by atoms with Crippen molar-refractivity contribution in [3.05, 3.63) is 289 Å². The number of allylic oxidation sites excluding steroid dienone is 8. The fraction of sp³-hybridized carbons (Fsp3) is 0.111. The topological polar surface area (TPSA) is 16.3 Å². The lowest BCUT2D eigenvalue weighted by atomic mass is 9.76. The summed E-state index contributed by atoms with van der Waals surface area (Å²) in [5.41, 5.74) is 21.7. The summed E-state index contributed by atoms with van der Waals surface area (Å²) >= 11 is 0. The summed E-state index contributed by atoms with van der Waals surface area (Å²) in [6.45, 7) is 0. The highest BCUT2D eigenvalue weighted by molar-refractivity contribution is 6.10. The largest absolute Gasteiger partial charge is 0.334 e. The van der Waals surface area contributed by atoms with Crippen LogP contribution in [0.1, 0.15) is 30.7 Å². The molecule has 4 aliphatic carbocycles. The van der Waals surface area contributed by atoms with Gasteiger partial charge in [0.25, 0.3) is 0 Å². The smallest absolute Gasteiger partial charge is 0.0626 e. The number of fused-ring (bicyclic) bond motifs is 10. The van der Waals surface area contributed by atoms with Crippen molar-refractivity contribution in [1.82, 2.24) is 9.13 Å². The molecule has 76 heavy (non-hydrogen) atoms. The van der Waals surface area contributed by atoms with Gasteiger partial charge in [0.05, 0.1) is 34.2 Å². The van der Waals surface area contributed by atoms with E-state index in [1.54, 1.807) is 5.57 Å². The molecule has 0 amide bonds. The molecule has 5 unspecified atom stereocenters. The van der Waals surface area contributed by atoms with Crippen molar-refractivity contribution in [1.29, 1.82) is 0 Å². The van der Waals surface area contributed by atoms with E-state index in [1.165, 1.54) is 99.8 Å². The van der Waals surface area contributed by atoms with Crippen molar-refractivity contribution < 1.29 is 0 Å². The van der Waals surface area contributed by atoms with Crippen LogP contribution in [0.25, 0.3) is 77.2 Å². The molecule has 0 saturated carbocycles. The van der Waals surface area contributed by atoms with Crippen LogP contribution in [0.4, 0.5) is 11.4 Å². The Hall–Kier alpha value is -9.12. The Morgan fingerprint density at radius 2 is 0.882 bits per heavy atom. The third-order valence-corrected chi connectivity index (χ3v) is 17.4. The van der Waals surface area contributed by atoms with E-state index in [9.17, 15) is 0 Å². The lowest BCUT2D eigenvalue weighted by Crippen LogP contribution is -2.32. The SMILES string of the molecule is C1=CC2C3=C(C=CCC3)N(c3ccc(-c4ccc(N5C6=C(C(c7ccc8c(c7)c7ccccc7n8-c7cccc(-c8cccc(-n9c%10ccccc%10c%10ccccc%109)c8)c7)CC=C6)C6C=CC=CC65)cc4)cc3)C2C=C1. The van der Waals surface area contributed by atoms with E-state index in [-0.39, 0.29) is 17.9 Å². The van der Waals surface area contributed by atoms with E-state index >= 15 is 0 Å². The Bertz CT molecular complexity index is 4240. The second-order valence-electron chi connectivity index (χ2n) is 21.4. The lowest BCUT2D eigenvalue weighted by Gasteiger charge is -2.30. The van der Waals surface area contributed by atoms with E-state index in [2.05, 4.69) is 280 Å². The average Bonchev–Trinajstić information content (AvgIpc) is 4.29. The fourth-order valence-corrected chi connectivity index (χ4v) is 14.1. The van der Waals surface area contributed by atoms with Gasteiger partial charge < -0.3 is 18.9 Å². The lowest BCUT2D eigenvalue weighted by molar-refractivity contribution is 0.628. The average molecular weight is 975 g/mol. The molecule has 362 valence electrons. The Kier molecular flexibility index (Phi) is 9.81. The zero-order valence-corrected chi connectivity index (χ0v) is 42.1. The van der Waals surface area contributed by atoms with Crippen LogP contribution in [-0.4, -0.2) is 21.2 Å². The number of hydrogen-bond acceptors (Lipinski definition) is 2. The normalized spacial score (nSPS) is 21.2. The summed E-state index contributed by atoms with van der Waals surface area (Å²) in [5, 5.41) is 5.11. The summed E-state index contributed by atoms with van der Waals surface area (Å²) in [6.07, 6.45) is 31.3. The van der Waals surface area contributed by atoms with Gasteiger partial charge in [0.1, 0.15) is 0 Å². The number of nitrogens with zero attached hydrogens (tertiary/aromatic N) is 4. The van der Waals surface area contributed by atoms with Gasteiger partial charge in [-0.2, -0.15) is 0 Å². The zero-order chi connectivity index (χ0) is 49.8. The summed E-state index contributed by atoms with van der Waals surface area (Å²) in [6, 6.07) is 71.0. The fourth-order valence-electron chi connectivity index (χ4n) is 14.1. The van der Waals surface area contributed by atoms with Crippen LogP contribution in [0.5, 0.6) is 0 Å². The molecule has 0 bridgehead atoms. The molecule has 6 aliphatic rings. The Labute approximate surface area is 443 Å². The molecule has 0 fully saturated rings. The van der Waals surface area contributed by atoms with Crippen molar-refractivity contribution >= 4 is 55.0 Å². The standard InChI is InChI=1S/C72H54N4/c1-7-27-64-57(20-1)58-21-2-8-28-65(58)73(64)52-39-34-47(35-40-52)48-36-41-53(42-37-48)74-69-32-12-6-25-62(69)72-56(26-15-33-71(72)74)51-38-43-70-63(46-51)61-24-5-11-31-68(61)76(70)55-19-14-17-50(45-55)49-16-13-18-54(44-49)75-66-29-9-3-22-59(66)60-23-4-10-30-67(60)75/h1,3-20,22-25,27-46,56-57,62,64,69H,2,21,26H2. The first-order valence-corrected chi connectivity index (χ1v) is 27.2. The maximum Gasteiger partial charge on any atom is 0.0626 e. The summed E-state index contributed by atoms with van der Waals surface area (Å²) in [4.78, 5) is 5.16. The molecule has 2 aliphatic heterocycles. The predicted molar refractivity (Wildman–Crippen MR) is 317 cm³/mol. The van der Waals surface area contributed by atoms with Gasteiger partial charge in [-0.15, -0.1) is 0 Å². The molecule has 2 aromatic heterocycles. The molecular weight excluding hydrogens is 921 g/mol. The first-order chi connectivity index (χ1) is 37.7. The van der Waals surface area contributed by atoms with Gasteiger partial charge in [-0.3, -0.25) is 0 Å². The van der Waals surface area contributed by atoms with Gasteiger partial charge in [-0.25, -0.2) is 0 Å². The van der Waals surface area contributed by atoms with Crippen molar-refractivity contribution in [3.8, 4) is 33.6 Å². The van der Waals surface area contributed by atoms with E-state index in [4.69, 9.17) is 0 Å². The van der Waals surface area contributed by atoms with Gasteiger partial charge in [-0.05, 0) is 149 Å². The minimum atomic E-state index is 0.215. The third kappa shape index (κ3) is 6.63.